The van der Waals surface area contributed by atoms with Crippen LogP contribution in [-0.4, -0.2) is 54.6 Å². The zero-order valence-corrected chi connectivity index (χ0v) is 23.6. The van der Waals surface area contributed by atoms with E-state index in [0.717, 1.165) is 48.2 Å². The standard InChI is InChI=1S/C19H21NO4.C16H13N/c1-20-7-6-19-10-16(24-3)14(21)9-12(19)13(20)8-11-4-5-15(23-2)18(22)17(11)19;1-2-6-13(7-3-1)12-16-15-9-5-4-8-14(15)10-11-17-16/h4-5,9-10,13,22H,6-8H2,1-3H3;1-11H,12H2/t13-,19+;/m1./s1. The molecule has 1 aromatic heterocycles. The first-order valence-corrected chi connectivity index (χ1v) is 13.9. The van der Waals surface area contributed by atoms with E-state index in [1.807, 2.05) is 30.5 Å². The van der Waals surface area contributed by atoms with Gasteiger partial charge in [0.15, 0.2) is 17.3 Å². The van der Waals surface area contributed by atoms with Gasteiger partial charge in [0.1, 0.15) is 0 Å². The molecule has 2 aliphatic carbocycles. The van der Waals surface area contributed by atoms with Crippen molar-refractivity contribution in [2.45, 2.75) is 30.7 Å². The number of methoxy groups -OCH3 is 2. The van der Waals surface area contributed by atoms with Gasteiger partial charge in [-0.25, -0.2) is 0 Å². The van der Waals surface area contributed by atoms with Crippen LogP contribution in [0.1, 0.15) is 28.8 Å². The predicted octanol–water partition coefficient (Wildman–Crippen LogP) is 5.76. The number of phenolic OH excluding ortho intramolecular Hbond substituents is 1. The first-order chi connectivity index (χ1) is 19.9. The topological polar surface area (TPSA) is 71.9 Å². The average molecular weight is 547 g/mol. The number of rotatable bonds is 4. The van der Waals surface area contributed by atoms with Gasteiger partial charge in [0.25, 0.3) is 0 Å². The Morgan fingerprint density at radius 2 is 1.78 bits per heavy atom. The number of allylic oxidation sites excluding steroid dienone is 2. The van der Waals surface area contributed by atoms with Gasteiger partial charge in [-0.3, -0.25) is 14.7 Å². The fourth-order valence-corrected chi connectivity index (χ4v) is 6.61. The molecule has 6 heteroatoms. The maximum atomic E-state index is 12.4. The highest BCUT2D eigenvalue weighted by Crippen LogP contribution is 2.55. The number of carbonyl (C=O) groups is 1. The van der Waals surface area contributed by atoms with Gasteiger partial charge >= 0.3 is 0 Å². The van der Waals surface area contributed by atoms with Crippen molar-refractivity contribution in [2.75, 3.05) is 27.8 Å². The van der Waals surface area contributed by atoms with Gasteiger partial charge in [0.2, 0.25) is 5.78 Å². The first kappa shape index (κ1) is 26.8. The van der Waals surface area contributed by atoms with E-state index >= 15 is 0 Å². The minimum Gasteiger partial charge on any atom is -0.504 e. The molecule has 0 unspecified atom stereocenters. The number of pyridine rings is 1. The molecular formula is C35H34N2O4. The molecule has 41 heavy (non-hydrogen) atoms. The zero-order valence-electron chi connectivity index (χ0n) is 23.6. The van der Waals surface area contributed by atoms with Crippen molar-refractivity contribution in [1.29, 1.82) is 0 Å². The minimum absolute atomic E-state index is 0.103. The van der Waals surface area contributed by atoms with Gasteiger partial charge in [-0.2, -0.15) is 0 Å². The average Bonchev–Trinajstić information content (AvgIpc) is 3.00. The second-order valence-electron chi connectivity index (χ2n) is 10.9. The number of likely N-dealkylation sites (N-methyl/N-ethyl adjacent to an activating group) is 1. The van der Waals surface area contributed by atoms with E-state index in [4.69, 9.17) is 9.47 Å². The van der Waals surface area contributed by atoms with Crippen molar-refractivity contribution >= 4 is 16.6 Å². The Bertz CT molecular complexity index is 1670. The second kappa shape index (κ2) is 10.9. The number of carbonyl (C=O) groups excluding carboxylic acids is 1. The van der Waals surface area contributed by atoms with Gasteiger partial charge in [0, 0.05) is 35.0 Å². The Labute approximate surface area is 240 Å². The summed E-state index contributed by atoms with van der Waals surface area (Å²) in [6.45, 7) is 0.889. The van der Waals surface area contributed by atoms with Crippen LogP contribution in [0.3, 0.4) is 0 Å². The molecule has 1 saturated heterocycles. The molecule has 1 N–H and O–H groups in total. The second-order valence-corrected chi connectivity index (χ2v) is 10.9. The van der Waals surface area contributed by atoms with E-state index < -0.39 is 5.41 Å². The van der Waals surface area contributed by atoms with Crippen molar-refractivity contribution < 1.29 is 19.4 Å². The monoisotopic (exact) mass is 546 g/mol. The Kier molecular flexibility index (Phi) is 7.10. The van der Waals surface area contributed by atoms with Crippen LogP contribution in [0.4, 0.5) is 0 Å². The van der Waals surface area contributed by atoms with Gasteiger partial charge in [-0.05, 0) is 72.8 Å². The quantitative estimate of drug-likeness (QED) is 0.351. The number of phenols is 1. The summed E-state index contributed by atoms with van der Waals surface area (Å²) in [5, 5.41) is 13.4. The molecule has 2 bridgehead atoms. The zero-order chi connectivity index (χ0) is 28.6. The van der Waals surface area contributed by atoms with Crippen LogP contribution in [0.2, 0.25) is 0 Å². The third-order valence-electron chi connectivity index (χ3n) is 8.67. The molecular weight excluding hydrogens is 512 g/mol. The third kappa shape index (κ3) is 4.68. The van der Waals surface area contributed by atoms with Crippen LogP contribution in [0.25, 0.3) is 10.8 Å². The van der Waals surface area contributed by atoms with Gasteiger partial charge < -0.3 is 14.6 Å². The number of hydrogen-bond donors (Lipinski definition) is 1. The smallest absolute Gasteiger partial charge is 0.220 e. The Morgan fingerprint density at radius 3 is 2.56 bits per heavy atom. The third-order valence-corrected chi connectivity index (χ3v) is 8.67. The molecule has 0 radical (unpaired) electrons. The molecule has 0 amide bonds. The summed E-state index contributed by atoms with van der Waals surface area (Å²) in [6.07, 6.45) is 7.96. The summed E-state index contributed by atoms with van der Waals surface area (Å²) in [7, 11) is 5.15. The Morgan fingerprint density at radius 1 is 1.00 bits per heavy atom. The van der Waals surface area contributed by atoms with Crippen molar-refractivity contribution in [3.63, 3.8) is 0 Å². The molecule has 4 aromatic rings. The Balaban J connectivity index is 0.000000156. The van der Waals surface area contributed by atoms with E-state index in [9.17, 15) is 9.90 Å². The van der Waals surface area contributed by atoms with Crippen molar-refractivity contribution in [1.82, 2.24) is 9.88 Å². The summed E-state index contributed by atoms with van der Waals surface area (Å²) < 4.78 is 10.6. The molecule has 3 aromatic carbocycles. The predicted molar refractivity (Wildman–Crippen MR) is 160 cm³/mol. The molecule has 3 aliphatic rings. The molecule has 1 aliphatic heterocycles. The first-order valence-electron chi connectivity index (χ1n) is 13.9. The number of aromatic hydroxyl groups is 1. The number of nitrogens with zero attached hydrogens (tertiary/aromatic N) is 2. The van der Waals surface area contributed by atoms with Crippen molar-refractivity contribution in [3.05, 3.63) is 125 Å². The molecule has 7 rings (SSSR count). The number of ether oxygens (including phenoxy) is 2. The lowest BCUT2D eigenvalue weighted by Gasteiger charge is -2.52. The normalized spacial score (nSPS) is 21.0. The van der Waals surface area contributed by atoms with Crippen LogP contribution in [-0.2, 0) is 27.8 Å². The van der Waals surface area contributed by atoms with Gasteiger partial charge in [0.05, 0.1) is 19.9 Å². The summed E-state index contributed by atoms with van der Waals surface area (Å²) >= 11 is 0. The van der Waals surface area contributed by atoms with E-state index in [1.54, 1.807) is 13.2 Å². The lowest BCUT2D eigenvalue weighted by atomic mass is 9.58. The lowest BCUT2D eigenvalue weighted by Crippen LogP contribution is -2.54. The molecule has 1 fully saturated rings. The molecule has 2 heterocycles. The number of fused-ring (bicyclic) bond motifs is 2. The number of likely N-dealkylation sites (tertiary alicyclic amines) is 1. The van der Waals surface area contributed by atoms with Gasteiger partial charge in [-0.15, -0.1) is 0 Å². The minimum atomic E-state index is -0.497. The highest BCUT2D eigenvalue weighted by Gasteiger charge is 2.52. The highest BCUT2D eigenvalue weighted by atomic mass is 16.5. The number of benzene rings is 3. The molecule has 208 valence electrons. The fourth-order valence-electron chi connectivity index (χ4n) is 6.61. The molecule has 6 nitrogen and oxygen atoms in total. The van der Waals surface area contributed by atoms with Crippen LogP contribution < -0.4 is 4.74 Å². The number of hydrogen-bond acceptors (Lipinski definition) is 6. The van der Waals surface area contributed by atoms with Crippen LogP contribution in [0.5, 0.6) is 11.5 Å². The number of piperidine rings is 1. The van der Waals surface area contributed by atoms with Crippen LogP contribution in [0.15, 0.2) is 102 Å². The van der Waals surface area contributed by atoms with E-state index in [0.29, 0.717) is 11.5 Å². The lowest BCUT2D eigenvalue weighted by molar-refractivity contribution is -0.114. The maximum Gasteiger partial charge on any atom is 0.220 e. The Hall–Kier alpha value is -4.42. The van der Waals surface area contributed by atoms with E-state index in [2.05, 4.69) is 71.5 Å². The summed E-state index contributed by atoms with van der Waals surface area (Å²) in [5.41, 5.74) is 4.97. The highest BCUT2D eigenvalue weighted by molar-refractivity contribution is 6.05. The summed E-state index contributed by atoms with van der Waals surface area (Å²) in [4.78, 5) is 19.1. The van der Waals surface area contributed by atoms with Crippen LogP contribution >= 0.6 is 0 Å². The molecule has 0 spiro atoms. The molecule has 2 atom stereocenters. The van der Waals surface area contributed by atoms with E-state index in [-0.39, 0.29) is 17.6 Å². The maximum absolute atomic E-state index is 12.4. The van der Waals surface area contributed by atoms with Crippen LogP contribution in [0, 0.1) is 0 Å². The van der Waals surface area contributed by atoms with Crippen molar-refractivity contribution in [3.8, 4) is 11.5 Å². The molecule has 0 saturated carbocycles. The number of aromatic nitrogens is 1. The fraction of sp³-hybridized carbons (Fsp3) is 0.257. The van der Waals surface area contributed by atoms with Crippen molar-refractivity contribution in [2.24, 2.45) is 0 Å². The number of ketones is 1. The largest absolute Gasteiger partial charge is 0.504 e. The van der Waals surface area contributed by atoms with E-state index in [1.165, 1.54) is 23.4 Å². The van der Waals surface area contributed by atoms with Gasteiger partial charge in [-0.1, -0.05) is 60.7 Å². The SMILES string of the molecule is COC1=C[C@]23CCN(C)[C@H](Cc4ccc(OC)c(O)c42)C3=CC1=O.c1ccc(Cc2nccc3ccccc23)cc1. The summed E-state index contributed by atoms with van der Waals surface area (Å²) in [6, 6.07) is 24.9. The summed E-state index contributed by atoms with van der Waals surface area (Å²) in [5.74, 6) is 0.875.